The van der Waals surface area contributed by atoms with Gasteiger partial charge in [-0.1, -0.05) is 0 Å². The molecule has 0 amide bonds. The zero-order valence-electron chi connectivity index (χ0n) is 13.1. The minimum absolute atomic E-state index is 0.238. The Labute approximate surface area is 124 Å². The molecule has 0 aliphatic heterocycles. The molecule has 0 saturated heterocycles. The van der Waals surface area contributed by atoms with Crippen LogP contribution in [0.3, 0.4) is 0 Å². The smallest absolute Gasteiger partial charge is 0.302 e. The van der Waals surface area contributed by atoms with Gasteiger partial charge in [0.25, 0.3) is 0 Å². The van der Waals surface area contributed by atoms with Crippen LogP contribution in [-0.2, 0) is 14.3 Å². The summed E-state index contributed by atoms with van der Waals surface area (Å²) in [7, 11) is 6.26. The predicted molar refractivity (Wildman–Crippen MR) is 77.1 cm³/mol. The summed E-state index contributed by atoms with van der Waals surface area (Å²) < 4.78 is 26.3. The minimum atomic E-state index is -0.310. The molecule has 1 aromatic rings. The standard InChI is InChI=1S/C15H22O6/c1-10(16)21-7-6-12(17-2)11-8-13(18-3)15(20-5)14(9-11)19-4/h8-9,12H,6-7H2,1-5H3. The first-order chi connectivity index (χ1) is 10.1. The van der Waals surface area contributed by atoms with Crippen molar-refractivity contribution in [3.05, 3.63) is 17.7 Å². The lowest BCUT2D eigenvalue weighted by molar-refractivity contribution is -0.141. The van der Waals surface area contributed by atoms with Crippen molar-refractivity contribution in [2.75, 3.05) is 35.0 Å². The van der Waals surface area contributed by atoms with Crippen LogP contribution in [0.4, 0.5) is 0 Å². The van der Waals surface area contributed by atoms with E-state index in [2.05, 4.69) is 0 Å². The number of carbonyl (C=O) groups is 1. The Bertz CT molecular complexity index is 446. The highest BCUT2D eigenvalue weighted by Gasteiger charge is 2.18. The van der Waals surface area contributed by atoms with Crippen LogP contribution in [0.1, 0.15) is 25.0 Å². The van der Waals surface area contributed by atoms with E-state index in [-0.39, 0.29) is 18.7 Å². The molecule has 6 heteroatoms. The van der Waals surface area contributed by atoms with Crippen molar-refractivity contribution in [3.8, 4) is 17.2 Å². The molecule has 0 radical (unpaired) electrons. The molecule has 0 N–H and O–H groups in total. The van der Waals surface area contributed by atoms with Crippen LogP contribution in [0.2, 0.25) is 0 Å². The Balaban J connectivity index is 3.00. The second-order valence-electron chi connectivity index (χ2n) is 4.31. The molecule has 0 bridgehead atoms. The zero-order chi connectivity index (χ0) is 15.8. The van der Waals surface area contributed by atoms with Gasteiger partial charge < -0.3 is 23.7 Å². The lowest BCUT2D eigenvalue weighted by Crippen LogP contribution is -2.09. The fourth-order valence-corrected chi connectivity index (χ4v) is 2.02. The molecule has 21 heavy (non-hydrogen) atoms. The van der Waals surface area contributed by atoms with Crippen molar-refractivity contribution in [1.82, 2.24) is 0 Å². The van der Waals surface area contributed by atoms with Crippen LogP contribution >= 0.6 is 0 Å². The topological polar surface area (TPSA) is 63.2 Å². The molecule has 0 spiro atoms. The van der Waals surface area contributed by atoms with Crippen LogP contribution < -0.4 is 14.2 Å². The van der Waals surface area contributed by atoms with Gasteiger partial charge in [0.2, 0.25) is 5.75 Å². The number of rotatable bonds is 8. The van der Waals surface area contributed by atoms with Gasteiger partial charge >= 0.3 is 5.97 Å². The molecule has 0 saturated carbocycles. The maximum atomic E-state index is 10.8. The van der Waals surface area contributed by atoms with Crippen molar-refractivity contribution in [2.24, 2.45) is 0 Å². The first kappa shape index (κ1) is 17.1. The van der Waals surface area contributed by atoms with E-state index in [0.717, 1.165) is 5.56 Å². The summed E-state index contributed by atoms with van der Waals surface area (Å²) in [6.45, 7) is 1.66. The van der Waals surface area contributed by atoms with Gasteiger partial charge in [-0.15, -0.1) is 0 Å². The van der Waals surface area contributed by atoms with Gasteiger partial charge in [0, 0.05) is 20.5 Å². The second-order valence-corrected chi connectivity index (χ2v) is 4.31. The van der Waals surface area contributed by atoms with Gasteiger partial charge in [-0.2, -0.15) is 0 Å². The Morgan fingerprint density at radius 2 is 1.62 bits per heavy atom. The average Bonchev–Trinajstić information content (AvgIpc) is 2.49. The molecular formula is C15H22O6. The molecule has 118 valence electrons. The second kappa shape index (κ2) is 8.36. The SMILES string of the molecule is COc1cc(C(CCOC(C)=O)OC)cc(OC)c1OC. The highest BCUT2D eigenvalue weighted by atomic mass is 16.5. The highest BCUT2D eigenvalue weighted by molar-refractivity contribution is 5.65. The van der Waals surface area contributed by atoms with Gasteiger partial charge in [0.1, 0.15) is 0 Å². The lowest BCUT2D eigenvalue weighted by atomic mass is 10.1. The summed E-state index contributed by atoms with van der Waals surface area (Å²) in [4.78, 5) is 10.8. The van der Waals surface area contributed by atoms with Crippen LogP contribution in [0.15, 0.2) is 12.1 Å². The Hall–Kier alpha value is -1.95. The molecule has 0 aliphatic rings. The maximum absolute atomic E-state index is 10.8. The van der Waals surface area contributed by atoms with E-state index in [0.29, 0.717) is 23.7 Å². The molecule has 6 nitrogen and oxygen atoms in total. The summed E-state index contributed by atoms with van der Waals surface area (Å²) >= 11 is 0. The molecule has 1 atom stereocenters. The van der Waals surface area contributed by atoms with Gasteiger partial charge in [0.15, 0.2) is 11.5 Å². The van der Waals surface area contributed by atoms with Crippen LogP contribution in [0, 0.1) is 0 Å². The molecular weight excluding hydrogens is 276 g/mol. The fraction of sp³-hybridized carbons (Fsp3) is 0.533. The van der Waals surface area contributed by atoms with E-state index in [9.17, 15) is 4.79 Å². The van der Waals surface area contributed by atoms with Gasteiger partial charge in [-0.3, -0.25) is 4.79 Å². The number of benzene rings is 1. The number of methoxy groups -OCH3 is 4. The quantitative estimate of drug-likeness (QED) is 0.687. The van der Waals surface area contributed by atoms with Crippen molar-refractivity contribution in [3.63, 3.8) is 0 Å². The van der Waals surface area contributed by atoms with Gasteiger partial charge in [-0.25, -0.2) is 0 Å². The Kier molecular flexibility index (Phi) is 6.81. The molecule has 0 heterocycles. The summed E-state index contributed by atoms with van der Waals surface area (Å²) in [6, 6.07) is 3.65. The number of carbonyl (C=O) groups excluding carboxylic acids is 1. The normalized spacial score (nSPS) is 11.7. The predicted octanol–water partition coefficient (Wildman–Crippen LogP) is 2.35. The first-order valence-electron chi connectivity index (χ1n) is 6.53. The van der Waals surface area contributed by atoms with Crippen LogP contribution in [0.5, 0.6) is 17.2 Å². The molecule has 0 aliphatic carbocycles. The zero-order valence-corrected chi connectivity index (χ0v) is 13.1. The Morgan fingerprint density at radius 3 is 2.00 bits per heavy atom. The van der Waals surface area contributed by atoms with E-state index in [1.807, 2.05) is 12.1 Å². The van der Waals surface area contributed by atoms with E-state index < -0.39 is 0 Å². The van der Waals surface area contributed by atoms with Crippen molar-refractivity contribution < 1.29 is 28.5 Å². The molecule has 1 aromatic carbocycles. The van der Waals surface area contributed by atoms with Crippen LogP contribution in [0.25, 0.3) is 0 Å². The Morgan fingerprint density at radius 1 is 1.05 bits per heavy atom. The van der Waals surface area contributed by atoms with E-state index in [1.54, 1.807) is 28.4 Å². The number of hydrogen-bond donors (Lipinski definition) is 0. The summed E-state index contributed by atoms with van der Waals surface area (Å²) in [5, 5.41) is 0. The number of hydrogen-bond acceptors (Lipinski definition) is 6. The van der Waals surface area contributed by atoms with E-state index >= 15 is 0 Å². The molecule has 0 fully saturated rings. The van der Waals surface area contributed by atoms with Crippen molar-refractivity contribution >= 4 is 5.97 Å². The fourth-order valence-electron chi connectivity index (χ4n) is 2.02. The molecule has 0 aromatic heterocycles. The maximum Gasteiger partial charge on any atom is 0.302 e. The van der Waals surface area contributed by atoms with E-state index in [1.165, 1.54) is 6.92 Å². The summed E-state index contributed by atoms with van der Waals surface area (Å²) in [6.07, 6.45) is 0.299. The van der Waals surface area contributed by atoms with Crippen molar-refractivity contribution in [1.29, 1.82) is 0 Å². The average molecular weight is 298 g/mol. The number of esters is 1. The first-order valence-corrected chi connectivity index (χ1v) is 6.53. The third-order valence-electron chi connectivity index (χ3n) is 3.03. The lowest BCUT2D eigenvalue weighted by Gasteiger charge is -2.19. The third kappa shape index (κ3) is 4.53. The highest BCUT2D eigenvalue weighted by Crippen LogP contribution is 2.40. The van der Waals surface area contributed by atoms with Crippen LogP contribution in [-0.4, -0.2) is 41.0 Å². The van der Waals surface area contributed by atoms with Crippen molar-refractivity contribution in [2.45, 2.75) is 19.4 Å². The third-order valence-corrected chi connectivity index (χ3v) is 3.03. The molecule has 1 rings (SSSR count). The summed E-state index contributed by atoms with van der Waals surface area (Å²) in [5.74, 6) is 1.33. The molecule has 1 unspecified atom stereocenters. The largest absolute Gasteiger partial charge is 0.493 e. The monoisotopic (exact) mass is 298 g/mol. The minimum Gasteiger partial charge on any atom is -0.493 e. The van der Waals surface area contributed by atoms with E-state index in [4.69, 9.17) is 23.7 Å². The van der Waals surface area contributed by atoms with Gasteiger partial charge in [-0.05, 0) is 17.7 Å². The summed E-state index contributed by atoms with van der Waals surface area (Å²) in [5.41, 5.74) is 0.860. The number of ether oxygens (including phenoxy) is 5. The van der Waals surface area contributed by atoms with Gasteiger partial charge in [0.05, 0.1) is 34.0 Å².